The molecule has 0 radical (unpaired) electrons. The van der Waals surface area contributed by atoms with Crippen molar-refractivity contribution in [3.05, 3.63) is 48.0 Å². The summed E-state index contributed by atoms with van der Waals surface area (Å²) in [5.74, 6) is -0.0188. The number of amides is 1. The molecule has 0 saturated heterocycles. The number of hydrogen-bond acceptors (Lipinski definition) is 1. The molecule has 1 N–H and O–H groups in total. The van der Waals surface area contributed by atoms with Crippen LogP contribution in [0.15, 0.2) is 42.5 Å². The second-order valence-corrected chi connectivity index (χ2v) is 5.32. The summed E-state index contributed by atoms with van der Waals surface area (Å²) in [5.41, 5.74) is 1.82. The quantitative estimate of drug-likeness (QED) is 0.485. The van der Waals surface area contributed by atoms with Crippen LogP contribution in [0.3, 0.4) is 0 Å². The van der Waals surface area contributed by atoms with Crippen LogP contribution in [0.4, 0.5) is 0 Å². The molecule has 0 fully saturated rings. The molecule has 0 unspecified atom stereocenters. The van der Waals surface area contributed by atoms with Crippen LogP contribution in [0.25, 0.3) is 0 Å². The summed E-state index contributed by atoms with van der Waals surface area (Å²) in [7, 11) is 0. The van der Waals surface area contributed by atoms with Crippen LogP contribution in [-0.4, -0.2) is 12.5 Å². The molecule has 0 aromatic heterocycles. The van der Waals surface area contributed by atoms with Crippen molar-refractivity contribution in [1.29, 1.82) is 0 Å². The maximum Gasteiger partial charge on any atom is 0.251 e. The highest BCUT2D eigenvalue weighted by Crippen LogP contribution is 2.10. The monoisotopic (exact) mass is 273 g/mol. The zero-order chi connectivity index (χ0) is 14.6. The minimum absolute atomic E-state index is 0.0188. The average Bonchev–Trinajstić information content (AvgIpc) is 2.49. The molecule has 0 saturated carbocycles. The first kappa shape index (κ1) is 16.5. The van der Waals surface area contributed by atoms with Gasteiger partial charge in [-0.3, -0.25) is 4.79 Å². The van der Waals surface area contributed by atoms with Gasteiger partial charge in [0, 0.05) is 12.1 Å². The van der Waals surface area contributed by atoms with E-state index in [1.165, 1.54) is 38.5 Å². The number of carbonyl (C=O) groups is 1. The molecule has 1 aromatic rings. The number of unbranched alkanes of at least 4 members (excludes halogenated alkanes) is 5. The lowest BCUT2D eigenvalue weighted by molar-refractivity contribution is 0.0956. The predicted octanol–water partition coefficient (Wildman–Crippen LogP) is 4.72. The molecule has 0 atom stereocenters. The van der Waals surface area contributed by atoms with Gasteiger partial charge in [0.15, 0.2) is 0 Å². The topological polar surface area (TPSA) is 29.1 Å². The third-order valence-electron chi connectivity index (χ3n) is 3.42. The van der Waals surface area contributed by atoms with Crippen LogP contribution in [0, 0.1) is 0 Å². The van der Waals surface area contributed by atoms with Crippen molar-refractivity contribution in [2.75, 3.05) is 6.54 Å². The zero-order valence-corrected chi connectivity index (χ0v) is 12.7. The van der Waals surface area contributed by atoms with Crippen LogP contribution >= 0.6 is 0 Å². The van der Waals surface area contributed by atoms with Gasteiger partial charge in [-0.1, -0.05) is 69.4 Å². The Balaban J connectivity index is 2.09. The van der Waals surface area contributed by atoms with E-state index in [1.54, 1.807) is 0 Å². The summed E-state index contributed by atoms with van der Waals surface area (Å²) in [6.07, 6.45) is 8.76. The lowest BCUT2D eigenvalue weighted by Gasteiger charge is -2.08. The molecule has 2 heteroatoms. The first-order valence-electron chi connectivity index (χ1n) is 7.74. The third kappa shape index (κ3) is 7.13. The summed E-state index contributed by atoms with van der Waals surface area (Å²) < 4.78 is 0. The molecule has 0 spiro atoms. The smallest absolute Gasteiger partial charge is 0.251 e. The molecule has 0 aliphatic rings. The summed E-state index contributed by atoms with van der Waals surface area (Å²) in [6.45, 7) is 6.86. The molecule has 1 aromatic carbocycles. The molecule has 0 heterocycles. The van der Waals surface area contributed by atoms with Crippen LogP contribution in [0.5, 0.6) is 0 Å². The van der Waals surface area contributed by atoms with Gasteiger partial charge < -0.3 is 5.32 Å². The number of nitrogens with one attached hydrogen (secondary N) is 1. The van der Waals surface area contributed by atoms with Crippen molar-refractivity contribution in [2.24, 2.45) is 0 Å². The van der Waals surface area contributed by atoms with Gasteiger partial charge in [-0.15, -0.1) is 0 Å². The molecule has 110 valence electrons. The van der Waals surface area contributed by atoms with E-state index >= 15 is 0 Å². The fraction of sp³-hybridized carbons (Fsp3) is 0.500. The van der Waals surface area contributed by atoms with Gasteiger partial charge in [0.25, 0.3) is 5.91 Å². The zero-order valence-electron chi connectivity index (χ0n) is 12.7. The standard InChI is InChI=1S/C18H27NO/c1-3-4-5-6-7-9-12-16(2)15-19-18(20)17-13-10-8-11-14-17/h8,10-11,13-14H,2-7,9,12,15H2,1H3,(H,19,20). The first-order valence-corrected chi connectivity index (χ1v) is 7.74. The van der Waals surface area contributed by atoms with Crippen molar-refractivity contribution < 1.29 is 4.79 Å². The minimum Gasteiger partial charge on any atom is -0.348 e. The molecular weight excluding hydrogens is 246 g/mol. The van der Waals surface area contributed by atoms with Gasteiger partial charge >= 0.3 is 0 Å². The van der Waals surface area contributed by atoms with Gasteiger partial charge in [-0.2, -0.15) is 0 Å². The molecule has 1 amide bonds. The minimum atomic E-state index is -0.0188. The summed E-state index contributed by atoms with van der Waals surface area (Å²) in [6, 6.07) is 9.31. The number of rotatable bonds is 10. The van der Waals surface area contributed by atoms with Crippen LogP contribution < -0.4 is 5.32 Å². The van der Waals surface area contributed by atoms with E-state index in [9.17, 15) is 4.79 Å². The Bertz CT molecular complexity index is 397. The summed E-state index contributed by atoms with van der Waals surface area (Å²) in [4.78, 5) is 11.8. The van der Waals surface area contributed by atoms with Gasteiger partial charge in [-0.25, -0.2) is 0 Å². The maximum absolute atomic E-state index is 11.8. The largest absolute Gasteiger partial charge is 0.348 e. The Labute approximate surface area is 123 Å². The fourth-order valence-electron chi connectivity index (χ4n) is 2.14. The lowest BCUT2D eigenvalue weighted by atomic mass is 10.1. The maximum atomic E-state index is 11.8. The van der Waals surface area contributed by atoms with E-state index < -0.39 is 0 Å². The molecule has 0 aliphatic heterocycles. The molecule has 2 nitrogen and oxygen atoms in total. The van der Waals surface area contributed by atoms with Crippen LogP contribution in [-0.2, 0) is 0 Å². The Morgan fingerprint density at radius 3 is 2.40 bits per heavy atom. The van der Waals surface area contributed by atoms with Crippen molar-refractivity contribution in [2.45, 2.75) is 51.9 Å². The van der Waals surface area contributed by atoms with Crippen LogP contribution in [0.2, 0.25) is 0 Å². The van der Waals surface area contributed by atoms with Crippen molar-refractivity contribution in [3.8, 4) is 0 Å². The third-order valence-corrected chi connectivity index (χ3v) is 3.42. The number of benzene rings is 1. The second-order valence-electron chi connectivity index (χ2n) is 5.32. The van der Waals surface area contributed by atoms with Crippen molar-refractivity contribution in [3.63, 3.8) is 0 Å². The lowest BCUT2D eigenvalue weighted by Crippen LogP contribution is -2.25. The van der Waals surface area contributed by atoms with E-state index in [0.717, 1.165) is 12.0 Å². The van der Waals surface area contributed by atoms with E-state index in [0.29, 0.717) is 12.1 Å². The Morgan fingerprint density at radius 1 is 1.05 bits per heavy atom. The van der Waals surface area contributed by atoms with Crippen LogP contribution in [0.1, 0.15) is 62.2 Å². The van der Waals surface area contributed by atoms with E-state index in [-0.39, 0.29) is 5.91 Å². The average molecular weight is 273 g/mol. The number of hydrogen-bond donors (Lipinski definition) is 1. The normalized spacial score (nSPS) is 10.2. The van der Waals surface area contributed by atoms with Crippen molar-refractivity contribution >= 4 is 5.91 Å². The first-order chi connectivity index (χ1) is 9.74. The van der Waals surface area contributed by atoms with Gasteiger partial charge in [0.05, 0.1) is 0 Å². The molecule has 0 aliphatic carbocycles. The Hall–Kier alpha value is -1.57. The molecular formula is C18H27NO. The van der Waals surface area contributed by atoms with Crippen molar-refractivity contribution in [1.82, 2.24) is 5.32 Å². The van der Waals surface area contributed by atoms with E-state index in [4.69, 9.17) is 0 Å². The SMILES string of the molecule is C=C(CCCCCCCC)CNC(=O)c1ccccc1. The Kier molecular flexibility index (Phi) is 8.44. The molecule has 1 rings (SSSR count). The molecule has 0 bridgehead atoms. The van der Waals surface area contributed by atoms with E-state index in [1.807, 2.05) is 30.3 Å². The van der Waals surface area contributed by atoms with Gasteiger partial charge in [0.2, 0.25) is 0 Å². The highest BCUT2D eigenvalue weighted by atomic mass is 16.1. The summed E-state index contributed by atoms with van der Waals surface area (Å²) in [5, 5.41) is 2.92. The van der Waals surface area contributed by atoms with Gasteiger partial charge in [0.1, 0.15) is 0 Å². The highest BCUT2D eigenvalue weighted by molar-refractivity contribution is 5.94. The summed E-state index contributed by atoms with van der Waals surface area (Å²) >= 11 is 0. The fourth-order valence-corrected chi connectivity index (χ4v) is 2.14. The Morgan fingerprint density at radius 2 is 1.70 bits per heavy atom. The number of carbonyl (C=O) groups excluding carboxylic acids is 1. The second kappa shape index (κ2) is 10.2. The predicted molar refractivity (Wildman–Crippen MR) is 85.9 cm³/mol. The van der Waals surface area contributed by atoms with E-state index in [2.05, 4.69) is 18.8 Å². The highest BCUT2D eigenvalue weighted by Gasteiger charge is 2.04. The molecule has 20 heavy (non-hydrogen) atoms. The van der Waals surface area contributed by atoms with Gasteiger partial charge in [-0.05, 0) is 25.0 Å².